The van der Waals surface area contributed by atoms with Crippen LogP contribution in [0.25, 0.3) is 0 Å². The van der Waals surface area contributed by atoms with Gasteiger partial charge in [0.1, 0.15) is 0 Å². The largest absolute Gasteiger partial charge is 0.416 e. The maximum absolute atomic E-state index is 12.3. The zero-order valence-electron chi connectivity index (χ0n) is 10.0. The third-order valence-electron chi connectivity index (χ3n) is 2.53. The maximum atomic E-state index is 12.3. The predicted molar refractivity (Wildman–Crippen MR) is 65.1 cm³/mol. The summed E-state index contributed by atoms with van der Waals surface area (Å²) in [5, 5.41) is 0. The van der Waals surface area contributed by atoms with Gasteiger partial charge in [-0.25, -0.2) is 0 Å². The van der Waals surface area contributed by atoms with Gasteiger partial charge in [0.05, 0.1) is 5.56 Å². The number of nitrogens with two attached hydrogens (primary N) is 1. The molecule has 5 heteroatoms. The summed E-state index contributed by atoms with van der Waals surface area (Å²) in [7, 11) is 0. The summed E-state index contributed by atoms with van der Waals surface area (Å²) in [6.45, 7) is 5.86. The molecule has 1 aromatic rings. The predicted octanol–water partition coefficient (Wildman–Crippen LogP) is 4.17. The molecule has 0 heterocycles. The molecule has 1 atom stereocenters. The topological polar surface area (TPSA) is 26.0 Å². The minimum absolute atomic E-state index is 0. The summed E-state index contributed by atoms with van der Waals surface area (Å²) in [4.78, 5) is 0. The van der Waals surface area contributed by atoms with Crippen molar-refractivity contribution in [3.8, 4) is 0 Å². The average molecular weight is 268 g/mol. The Hall–Kier alpha value is -0.740. The van der Waals surface area contributed by atoms with Crippen molar-refractivity contribution in [2.24, 2.45) is 11.1 Å². The molecular formula is C12H17ClF3N. The van der Waals surface area contributed by atoms with Crippen LogP contribution in [0.1, 0.15) is 37.9 Å². The van der Waals surface area contributed by atoms with Crippen molar-refractivity contribution >= 4 is 12.4 Å². The quantitative estimate of drug-likeness (QED) is 0.812. The highest BCUT2D eigenvalue weighted by Gasteiger charge is 2.30. The summed E-state index contributed by atoms with van der Waals surface area (Å²) in [6.07, 6.45) is -4.29. The molecule has 0 spiro atoms. The van der Waals surface area contributed by atoms with Gasteiger partial charge in [-0.1, -0.05) is 32.9 Å². The van der Waals surface area contributed by atoms with Crippen LogP contribution in [0, 0.1) is 5.41 Å². The van der Waals surface area contributed by atoms with E-state index in [1.165, 1.54) is 12.1 Å². The monoisotopic (exact) mass is 267 g/mol. The third-order valence-corrected chi connectivity index (χ3v) is 2.53. The molecule has 0 fully saturated rings. The molecule has 1 rings (SSSR count). The normalized spacial score (nSPS) is 14.1. The minimum Gasteiger partial charge on any atom is -0.324 e. The lowest BCUT2D eigenvalue weighted by atomic mass is 9.83. The Balaban J connectivity index is 0.00000256. The van der Waals surface area contributed by atoms with Gasteiger partial charge in [0.2, 0.25) is 0 Å². The fourth-order valence-corrected chi connectivity index (χ4v) is 1.38. The second-order valence-corrected chi connectivity index (χ2v) is 4.96. The smallest absolute Gasteiger partial charge is 0.324 e. The second-order valence-electron chi connectivity index (χ2n) is 4.96. The van der Waals surface area contributed by atoms with Gasteiger partial charge in [-0.2, -0.15) is 13.2 Å². The molecule has 0 aromatic heterocycles. The SMILES string of the molecule is CC(C)(C)C(N)c1ccc(C(F)(F)F)cc1.Cl. The zero-order valence-corrected chi connectivity index (χ0v) is 10.8. The molecule has 0 saturated heterocycles. The highest BCUT2D eigenvalue weighted by atomic mass is 35.5. The van der Waals surface area contributed by atoms with E-state index in [1.807, 2.05) is 20.8 Å². The first-order valence-electron chi connectivity index (χ1n) is 5.05. The Morgan fingerprint density at radius 3 is 1.71 bits per heavy atom. The Labute approximate surface area is 106 Å². The highest BCUT2D eigenvalue weighted by molar-refractivity contribution is 5.85. The Morgan fingerprint density at radius 1 is 1.00 bits per heavy atom. The van der Waals surface area contributed by atoms with Crippen LogP contribution < -0.4 is 5.73 Å². The van der Waals surface area contributed by atoms with Crippen molar-refractivity contribution in [3.05, 3.63) is 35.4 Å². The summed E-state index contributed by atoms with van der Waals surface area (Å²) in [5.41, 5.74) is 5.86. The molecule has 17 heavy (non-hydrogen) atoms. The molecular weight excluding hydrogens is 251 g/mol. The van der Waals surface area contributed by atoms with Crippen molar-refractivity contribution in [1.29, 1.82) is 0 Å². The van der Waals surface area contributed by atoms with E-state index in [-0.39, 0.29) is 23.9 Å². The van der Waals surface area contributed by atoms with Crippen LogP contribution in [0.15, 0.2) is 24.3 Å². The summed E-state index contributed by atoms with van der Waals surface area (Å²) in [6, 6.07) is 4.76. The molecule has 0 saturated carbocycles. The molecule has 98 valence electrons. The molecule has 0 aliphatic heterocycles. The number of halogens is 4. The molecule has 0 bridgehead atoms. The molecule has 0 aliphatic rings. The van der Waals surface area contributed by atoms with Crippen molar-refractivity contribution in [2.75, 3.05) is 0 Å². The highest BCUT2D eigenvalue weighted by Crippen LogP contribution is 2.33. The lowest BCUT2D eigenvalue weighted by Gasteiger charge is -2.27. The second kappa shape index (κ2) is 5.27. The standard InChI is InChI=1S/C12H16F3N.ClH/c1-11(2,3)10(16)8-4-6-9(7-5-8)12(13,14)15;/h4-7,10H,16H2,1-3H3;1H. The lowest BCUT2D eigenvalue weighted by molar-refractivity contribution is -0.137. The number of hydrogen-bond acceptors (Lipinski definition) is 1. The van der Waals surface area contributed by atoms with Crippen molar-refractivity contribution in [1.82, 2.24) is 0 Å². The van der Waals surface area contributed by atoms with Crippen molar-refractivity contribution < 1.29 is 13.2 Å². The Morgan fingerprint density at radius 2 is 1.41 bits per heavy atom. The van der Waals surface area contributed by atoms with Crippen LogP contribution in [0.4, 0.5) is 13.2 Å². The van der Waals surface area contributed by atoms with E-state index in [4.69, 9.17) is 5.73 Å². The van der Waals surface area contributed by atoms with Gasteiger partial charge in [-0.3, -0.25) is 0 Å². The van der Waals surface area contributed by atoms with E-state index < -0.39 is 11.7 Å². The molecule has 0 radical (unpaired) electrons. The minimum atomic E-state index is -4.29. The van der Waals surface area contributed by atoms with Crippen molar-refractivity contribution in [3.63, 3.8) is 0 Å². The molecule has 2 N–H and O–H groups in total. The van der Waals surface area contributed by atoms with Crippen molar-refractivity contribution in [2.45, 2.75) is 33.0 Å². The summed E-state index contributed by atoms with van der Waals surface area (Å²) < 4.78 is 37.0. The van der Waals surface area contributed by atoms with Gasteiger partial charge in [0.25, 0.3) is 0 Å². The van der Waals surface area contributed by atoms with E-state index in [2.05, 4.69) is 0 Å². The summed E-state index contributed by atoms with van der Waals surface area (Å²) >= 11 is 0. The van der Waals surface area contributed by atoms with Gasteiger partial charge < -0.3 is 5.73 Å². The Kier molecular flexibility index (Phi) is 5.04. The van der Waals surface area contributed by atoms with Gasteiger partial charge >= 0.3 is 6.18 Å². The molecule has 0 amide bonds. The molecule has 1 aromatic carbocycles. The van der Waals surface area contributed by atoms with Gasteiger partial charge in [0, 0.05) is 6.04 Å². The van der Waals surface area contributed by atoms with E-state index in [1.54, 1.807) is 0 Å². The van der Waals surface area contributed by atoms with Crippen LogP contribution in [-0.2, 0) is 6.18 Å². The third kappa shape index (κ3) is 4.21. The first-order chi connectivity index (χ1) is 7.12. The maximum Gasteiger partial charge on any atom is 0.416 e. The van der Waals surface area contributed by atoms with Crippen LogP contribution in [0.2, 0.25) is 0 Å². The van der Waals surface area contributed by atoms with Gasteiger partial charge in [0.15, 0.2) is 0 Å². The van der Waals surface area contributed by atoms with E-state index in [0.29, 0.717) is 0 Å². The van der Waals surface area contributed by atoms with Gasteiger partial charge in [-0.05, 0) is 23.1 Å². The lowest BCUT2D eigenvalue weighted by Crippen LogP contribution is -2.26. The van der Waals surface area contributed by atoms with Crippen LogP contribution in [-0.4, -0.2) is 0 Å². The fourth-order valence-electron chi connectivity index (χ4n) is 1.38. The first kappa shape index (κ1) is 16.3. The van der Waals surface area contributed by atoms with E-state index in [9.17, 15) is 13.2 Å². The van der Waals surface area contributed by atoms with E-state index >= 15 is 0 Å². The van der Waals surface area contributed by atoms with Crippen LogP contribution in [0.3, 0.4) is 0 Å². The fraction of sp³-hybridized carbons (Fsp3) is 0.500. The van der Waals surface area contributed by atoms with Crippen LogP contribution >= 0.6 is 12.4 Å². The van der Waals surface area contributed by atoms with E-state index in [0.717, 1.165) is 17.7 Å². The number of rotatable bonds is 1. The average Bonchev–Trinajstić information content (AvgIpc) is 2.14. The molecule has 1 unspecified atom stereocenters. The molecule has 1 nitrogen and oxygen atoms in total. The Bertz CT molecular complexity index is 351. The number of benzene rings is 1. The number of hydrogen-bond donors (Lipinski definition) is 1. The number of alkyl halides is 3. The van der Waals surface area contributed by atoms with Gasteiger partial charge in [-0.15, -0.1) is 12.4 Å². The summed E-state index contributed by atoms with van der Waals surface area (Å²) in [5.74, 6) is 0. The van der Waals surface area contributed by atoms with Crippen LogP contribution in [0.5, 0.6) is 0 Å². The molecule has 0 aliphatic carbocycles. The zero-order chi connectivity index (χ0) is 12.6. The first-order valence-corrected chi connectivity index (χ1v) is 5.05.